The van der Waals surface area contributed by atoms with Crippen molar-refractivity contribution in [1.82, 2.24) is 4.98 Å². The molecule has 1 heterocycles. The molecule has 154 valence electrons. The van der Waals surface area contributed by atoms with Gasteiger partial charge in [-0.25, -0.2) is 13.4 Å². The van der Waals surface area contributed by atoms with Crippen LogP contribution in [0.1, 0.15) is 38.8 Å². The number of nitrogens with zero attached hydrogens (tertiary/aromatic N) is 1. The zero-order valence-electron chi connectivity index (χ0n) is 16.3. The smallest absolute Gasteiger partial charge is 0.223 e. The molecular formula is C22H19NO6S. The molecule has 0 saturated carbocycles. The van der Waals surface area contributed by atoms with Gasteiger partial charge in [0.05, 0.1) is 10.5 Å². The minimum atomic E-state index is -3.86. The molecule has 0 bridgehead atoms. The third-order valence-corrected chi connectivity index (χ3v) is 6.23. The number of ether oxygens (including phenoxy) is 1. The number of Topliss-reactive ketones (excluding diaryl/α,β-unsaturated/α-hetero) is 1. The Morgan fingerprint density at radius 1 is 1.13 bits per heavy atom. The van der Waals surface area contributed by atoms with Gasteiger partial charge in [-0.1, -0.05) is 12.1 Å². The maximum atomic E-state index is 12.7. The van der Waals surface area contributed by atoms with Crippen LogP contribution in [0.3, 0.4) is 0 Å². The zero-order valence-corrected chi connectivity index (χ0v) is 17.1. The van der Waals surface area contributed by atoms with Gasteiger partial charge in [-0.15, -0.1) is 0 Å². The van der Waals surface area contributed by atoms with Gasteiger partial charge in [0, 0.05) is 17.3 Å². The highest BCUT2D eigenvalue weighted by atomic mass is 32.2. The number of pyridine rings is 1. The second-order valence-corrected chi connectivity index (χ2v) is 8.52. The van der Waals surface area contributed by atoms with Crippen molar-refractivity contribution < 1.29 is 27.9 Å². The first-order valence-electron chi connectivity index (χ1n) is 8.95. The molecule has 3 aromatic rings. The second-order valence-electron chi connectivity index (χ2n) is 6.62. The van der Waals surface area contributed by atoms with Gasteiger partial charge >= 0.3 is 0 Å². The van der Waals surface area contributed by atoms with Crippen LogP contribution in [0.25, 0.3) is 0 Å². The molecule has 0 amide bonds. The van der Waals surface area contributed by atoms with Crippen LogP contribution in [0.15, 0.2) is 64.6 Å². The Morgan fingerprint density at radius 3 is 2.47 bits per heavy atom. The molecule has 7 nitrogen and oxygen atoms in total. The fourth-order valence-electron chi connectivity index (χ4n) is 2.81. The highest BCUT2D eigenvalue weighted by Crippen LogP contribution is 2.31. The summed E-state index contributed by atoms with van der Waals surface area (Å²) in [5.41, 5.74) is 1.60. The molecule has 0 unspecified atom stereocenters. The lowest BCUT2D eigenvalue weighted by molar-refractivity contribution is 0.101. The van der Waals surface area contributed by atoms with Gasteiger partial charge in [0.2, 0.25) is 9.84 Å². The molecule has 3 rings (SSSR count). The lowest BCUT2D eigenvalue weighted by atomic mass is 10.1. The number of carbonyl (C=O) groups is 2. The zero-order chi connectivity index (χ0) is 21.9. The highest BCUT2D eigenvalue weighted by molar-refractivity contribution is 7.91. The predicted octanol–water partition coefficient (Wildman–Crippen LogP) is 3.52. The Bertz CT molecular complexity index is 1220. The Hall–Kier alpha value is -3.52. The maximum Gasteiger partial charge on any atom is 0.223 e. The number of hydrogen-bond donors (Lipinski definition) is 1. The number of ketones is 1. The molecule has 8 heteroatoms. The molecule has 2 aromatic carbocycles. The Kier molecular flexibility index (Phi) is 5.98. The number of phenols is 1. The number of sulfone groups is 1. The van der Waals surface area contributed by atoms with Crippen molar-refractivity contribution in [2.45, 2.75) is 30.4 Å². The molecule has 1 aromatic heterocycles. The van der Waals surface area contributed by atoms with E-state index in [4.69, 9.17) is 4.74 Å². The number of phenolic OH excluding ortho intramolecular Hbond substituents is 1. The van der Waals surface area contributed by atoms with E-state index < -0.39 is 9.84 Å². The highest BCUT2D eigenvalue weighted by Gasteiger charge is 2.19. The van der Waals surface area contributed by atoms with Crippen LogP contribution in [-0.4, -0.2) is 30.6 Å². The number of carbonyl (C=O) groups excluding carboxylic acids is 2. The molecule has 0 radical (unpaired) electrons. The average Bonchev–Trinajstić information content (AvgIpc) is 2.75. The van der Waals surface area contributed by atoms with Gasteiger partial charge in [0.15, 0.2) is 10.8 Å². The third-order valence-electron chi connectivity index (χ3n) is 4.56. The number of rotatable bonds is 7. The first-order valence-corrected chi connectivity index (χ1v) is 10.4. The van der Waals surface area contributed by atoms with E-state index in [9.17, 15) is 23.1 Å². The molecule has 0 saturated heterocycles. The lowest BCUT2D eigenvalue weighted by Crippen LogP contribution is -2.05. The van der Waals surface area contributed by atoms with Crippen molar-refractivity contribution in [3.63, 3.8) is 0 Å². The molecule has 30 heavy (non-hydrogen) atoms. The summed E-state index contributed by atoms with van der Waals surface area (Å²) in [6, 6.07) is 11.8. The molecule has 0 aliphatic carbocycles. The van der Waals surface area contributed by atoms with Crippen molar-refractivity contribution in [3.8, 4) is 11.5 Å². The first-order chi connectivity index (χ1) is 14.2. The number of aromatic nitrogens is 1. The summed E-state index contributed by atoms with van der Waals surface area (Å²) in [4.78, 5) is 26.3. The number of aromatic hydroxyl groups is 1. The Labute approximate surface area is 173 Å². The van der Waals surface area contributed by atoms with Gasteiger partial charge in [-0.3, -0.25) is 9.59 Å². The molecule has 1 N–H and O–H groups in total. The van der Waals surface area contributed by atoms with Crippen molar-refractivity contribution >= 4 is 21.9 Å². The Balaban J connectivity index is 1.77. The molecule has 0 aliphatic heterocycles. The largest absolute Gasteiger partial charge is 0.507 e. The van der Waals surface area contributed by atoms with Crippen LogP contribution < -0.4 is 4.74 Å². The van der Waals surface area contributed by atoms with Crippen LogP contribution in [0, 0.1) is 6.92 Å². The Morgan fingerprint density at radius 2 is 1.83 bits per heavy atom. The van der Waals surface area contributed by atoms with E-state index >= 15 is 0 Å². The molecule has 0 atom stereocenters. The average molecular weight is 425 g/mol. The lowest BCUT2D eigenvalue weighted by Gasteiger charge is -2.12. The summed E-state index contributed by atoms with van der Waals surface area (Å²) in [5, 5.41) is 9.92. The molecular weight excluding hydrogens is 406 g/mol. The fourth-order valence-corrected chi connectivity index (χ4v) is 4.04. The van der Waals surface area contributed by atoms with E-state index in [2.05, 4.69) is 4.98 Å². The summed E-state index contributed by atoms with van der Waals surface area (Å²) < 4.78 is 31.1. The van der Waals surface area contributed by atoms with Crippen LogP contribution >= 0.6 is 0 Å². The predicted molar refractivity (Wildman–Crippen MR) is 109 cm³/mol. The van der Waals surface area contributed by atoms with E-state index in [1.807, 2.05) is 0 Å². The summed E-state index contributed by atoms with van der Waals surface area (Å²) in [7, 11) is -3.86. The van der Waals surface area contributed by atoms with Gasteiger partial charge in [-0.2, -0.15) is 0 Å². The first kappa shape index (κ1) is 21.2. The van der Waals surface area contributed by atoms with E-state index in [1.54, 1.807) is 25.1 Å². The van der Waals surface area contributed by atoms with Gasteiger partial charge in [-0.05, 0) is 55.8 Å². The van der Waals surface area contributed by atoms with Crippen molar-refractivity contribution in [3.05, 3.63) is 77.0 Å². The number of aldehydes is 1. The van der Waals surface area contributed by atoms with E-state index in [0.717, 1.165) is 0 Å². The summed E-state index contributed by atoms with van der Waals surface area (Å²) in [6.45, 7) is 3.15. The van der Waals surface area contributed by atoms with E-state index in [-0.39, 0.29) is 39.2 Å². The maximum absolute atomic E-state index is 12.7. The standard InChI is InChI=1S/C22H19NO6S/c1-14-20(8-7-19(15(2)25)22(14)26)29-13-16-3-5-18(6-4-16)30(27,28)21-11-17(12-24)9-10-23-21/h3-12,26H,13H2,1-2H3. The third kappa shape index (κ3) is 4.23. The molecule has 0 fully saturated rings. The normalized spacial score (nSPS) is 11.1. The van der Waals surface area contributed by atoms with Gasteiger partial charge in [0.25, 0.3) is 0 Å². The van der Waals surface area contributed by atoms with Crippen LogP contribution in [-0.2, 0) is 16.4 Å². The van der Waals surface area contributed by atoms with Crippen molar-refractivity contribution in [2.24, 2.45) is 0 Å². The van der Waals surface area contributed by atoms with Crippen molar-refractivity contribution in [2.75, 3.05) is 0 Å². The fraction of sp³-hybridized carbons (Fsp3) is 0.136. The quantitative estimate of drug-likeness (QED) is 0.455. The SMILES string of the molecule is CC(=O)c1ccc(OCc2ccc(S(=O)(=O)c3cc(C=O)ccn3)cc2)c(C)c1O. The van der Waals surface area contributed by atoms with Crippen LogP contribution in [0.5, 0.6) is 11.5 Å². The van der Waals surface area contributed by atoms with Crippen molar-refractivity contribution in [1.29, 1.82) is 0 Å². The minimum absolute atomic E-state index is 0.0430. The summed E-state index contributed by atoms with van der Waals surface area (Å²) >= 11 is 0. The van der Waals surface area contributed by atoms with Crippen LogP contribution in [0.4, 0.5) is 0 Å². The number of benzene rings is 2. The topological polar surface area (TPSA) is 111 Å². The monoisotopic (exact) mass is 425 g/mol. The van der Waals surface area contributed by atoms with Gasteiger partial charge in [0.1, 0.15) is 24.4 Å². The minimum Gasteiger partial charge on any atom is -0.507 e. The van der Waals surface area contributed by atoms with Crippen LogP contribution in [0.2, 0.25) is 0 Å². The molecule has 0 aliphatic rings. The van der Waals surface area contributed by atoms with Gasteiger partial charge < -0.3 is 9.84 Å². The molecule has 0 spiro atoms. The second kappa shape index (κ2) is 8.46. The number of hydrogen-bond acceptors (Lipinski definition) is 7. The van der Waals surface area contributed by atoms with E-state index in [0.29, 0.717) is 23.2 Å². The van der Waals surface area contributed by atoms with E-state index in [1.165, 1.54) is 43.5 Å². The summed E-state index contributed by atoms with van der Waals surface area (Å²) in [5.74, 6) is 0.0580. The summed E-state index contributed by atoms with van der Waals surface area (Å²) in [6.07, 6.45) is 1.83.